The van der Waals surface area contributed by atoms with Crippen molar-refractivity contribution in [1.29, 1.82) is 0 Å². The Morgan fingerprint density at radius 1 is 1.52 bits per heavy atom. The van der Waals surface area contributed by atoms with Crippen molar-refractivity contribution in [3.63, 3.8) is 0 Å². The Morgan fingerprint density at radius 2 is 2.38 bits per heavy atom. The quantitative estimate of drug-likeness (QED) is 0.919. The first-order chi connectivity index (χ1) is 10.2. The van der Waals surface area contributed by atoms with Gasteiger partial charge >= 0.3 is 5.97 Å². The second kappa shape index (κ2) is 6.10. The molecule has 0 spiro atoms. The van der Waals surface area contributed by atoms with Crippen molar-refractivity contribution in [2.24, 2.45) is 5.92 Å². The van der Waals surface area contributed by atoms with E-state index in [4.69, 9.17) is 4.98 Å². The van der Waals surface area contributed by atoms with Gasteiger partial charge in [-0.25, -0.2) is 9.78 Å². The number of imidazole rings is 1. The first-order valence-corrected chi connectivity index (χ1v) is 8.64. The first-order valence-electron chi connectivity index (χ1n) is 7.49. The van der Waals surface area contributed by atoms with E-state index >= 15 is 0 Å². The van der Waals surface area contributed by atoms with Crippen LogP contribution < -0.4 is 0 Å². The Kier molecular flexibility index (Phi) is 4.19. The smallest absolute Gasteiger partial charge is 0.335 e. The van der Waals surface area contributed by atoms with Crippen LogP contribution in [0.3, 0.4) is 0 Å². The molecule has 1 aliphatic heterocycles. The van der Waals surface area contributed by atoms with E-state index in [-0.39, 0.29) is 0 Å². The van der Waals surface area contributed by atoms with Crippen molar-refractivity contribution in [2.45, 2.75) is 32.7 Å². The summed E-state index contributed by atoms with van der Waals surface area (Å²) in [5.41, 5.74) is 2.22. The fourth-order valence-electron chi connectivity index (χ4n) is 2.91. The van der Waals surface area contributed by atoms with Crippen molar-refractivity contribution in [3.8, 4) is 0 Å². The molecule has 4 nitrogen and oxygen atoms in total. The normalized spacial score (nSPS) is 18.4. The van der Waals surface area contributed by atoms with Crippen LogP contribution in [0, 0.1) is 5.92 Å². The number of aryl methyl sites for hydroxylation is 1. The van der Waals surface area contributed by atoms with Crippen molar-refractivity contribution in [3.05, 3.63) is 29.6 Å². The average Bonchev–Trinajstić information content (AvgIpc) is 3.08. The molecule has 1 N–H and O–H groups in total. The van der Waals surface area contributed by atoms with Gasteiger partial charge in [-0.3, -0.25) is 0 Å². The van der Waals surface area contributed by atoms with E-state index in [1.54, 1.807) is 12.1 Å². The maximum absolute atomic E-state index is 11.2. The lowest BCUT2D eigenvalue weighted by Crippen LogP contribution is -2.13. The molecule has 1 unspecified atom stereocenters. The Bertz CT molecular complexity index is 660. The molecule has 0 amide bonds. The van der Waals surface area contributed by atoms with Crippen LogP contribution in [-0.4, -0.2) is 32.1 Å². The number of hydrogen-bond acceptors (Lipinski definition) is 3. The Labute approximate surface area is 128 Å². The molecule has 21 heavy (non-hydrogen) atoms. The summed E-state index contributed by atoms with van der Waals surface area (Å²) in [6.07, 6.45) is 3.24. The highest BCUT2D eigenvalue weighted by Crippen LogP contribution is 2.28. The minimum absolute atomic E-state index is 0.340. The molecule has 0 radical (unpaired) electrons. The van der Waals surface area contributed by atoms with Crippen LogP contribution in [0.1, 0.15) is 35.9 Å². The fraction of sp³-hybridized carbons (Fsp3) is 0.500. The third-order valence-electron chi connectivity index (χ3n) is 4.01. The summed E-state index contributed by atoms with van der Waals surface area (Å²) < 4.78 is 2.25. The van der Waals surface area contributed by atoms with Gasteiger partial charge in [0.05, 0.1) is 16.6 Å². The number of carboxylic acid groups (broad SMARTS) is 1. The third kappa shape index (κ3) is 2.93. The number of fused-ring (bicyclic) bond motifs is 1. The van der Waals surface area contributed by atoms with E-state index in [2.05, 4.69) is 11.5 Å². The summed E-state index contributed by atoms with van der Waals surface area (Å²) in [5.74, 6) is 3.33. The lowest BCUT2D eigenvalue weighted by Gasteiger charge is -2.13. The highest BCUT2D eigenvalue weighted by atomic mass is 32.2. The first kappa shape index (κ1) is 14.4. The fourth-order valence-corrected chi connectivity index (χ4v) is 4.18. The zero-order chi connectivity index (χ0) is 14.8. The van der Waals surface area contributed by atoms with E-state index in [1.807, 2.05) is 17.8 Å². The zero-order valence-corrected chi connectivity index (χ0v) is 13.0. The van der Waals surface area contributed by atoms with E-state index in [0.717, 1.165) is 36.2 Å². The van der Waals surface area contributed by atoms with Gasteiger partial charge in [0.25, 0.3) is 0 Å². The van der Waals surface area contributed by atoms with Gasteiger partial charge in [0, 0.05) is 13.0 Å². The predicted molar refractivity (Wildman–Crippen MR) is 86.1 cm³/mol. The molecule has 2 aromatic rings. The highest BCUT2D eigenvalue weighted by Gasteiger charge is 2.20. The van der Waals surface area contributed by atoms with Gasteiger partial charge in [0.15, 0.2) is 0 Å². The summed E-state index contributed by atoms with van der Waals surface area (Å²) in [5, 5.41) is 9.20. The van der Waals surface area contributed by atoms with Crippen molar-refractivity contribution >= 4 is 28.8 Å². The number of aromatic carboxylic acids is 1. The SMILES string of the molecule is CCCc1nc2ccc(C(=O)O)cc2n1CC1CCSC1. The number of rotatable bonds is 5. The van der Waals surface area contributed by atoms with Crippen LogP contribution >= 0.6 is 11.8 Å². The summed E-state index contributed by atoms with van der Waals surface area (Å²) in [6.45, 7) is 3.11. The van der Waals surface area contributed by atoms with Crippen LogP contribution in [0.2, 0.25) is 0 Å². The molecule has 112 valence electrons. The third-order valence-corrected chi connectivity index (χ3v) is 5.24. The van der Waals surface area contributed by atoms with E-state index in [1.165, 1.54) is 17.9 Å². The maximum Gasteiger partial charge on any atom is 0.335 e. The van der Waals surface area contributed by atoms with Gasteiger partial charge < -0.3 is 9.67 Å². The van der Waals surface area contributed by atoms with Crippen LogP contribution in [0.4, 0.5) is 0 Å². The molecule has 1 aliphatic rings. The molecule has 1 atom stereocenters. The predicted octanol–water partition coefficient (Wildman–Crippen LogP) is 3.44. The second-order valence-electron chi connectivity index (χ2n) is 5.63. The molecule has 0 aliphatic carbocycles. The number of hydrogen-bond donors (Lipinski definition) is 1. The maximum atomic E-state index is 11.2. The molecule has 5 heteroatoms. The van der Waals surface area contributed by atoms with Gasteiger partial charge in [-0.05, 0) is 48.5 Å². The monoisotopic (exact) mass is 304 g/mol. The molecule has 0 saturated carbocycles. The topological polar surface area (TPSA) is 55.1 Å². The molecule has 0 bridgehead atoms. The van der Waals surface area contributed by atoms with Gasteiger partial charge in [0.2, 0.25) is 0 Å². The van der Waals surface area contributed by atoms with Crippen molar-refractivity contribution in [2.75, 3.05) is 11.5 Å². The minimum Gasteiger partial charge on any atom is -0.478 e. The van der Waals surface area contributed by atoms with Crippen molar-refractivity contribution in [1.82, 2.24) is 9.55 Å². The van der Waals surface area contributed by atoms with Crippen LogP contribution in [-0.2, 0) is 13.0 Å². The molecule has 1 saturated heterocycles. The number of carboxylic acids is 1. The van der Waals surface area contributed by atoms with Crippen molar-refractivity contribution < 1.29 is 9.90 Å². The number of aromatic nitrogens is 2. The standard InChI is InChI=1S/C16H20N2O2S/c1-2-3-15-17-13-5-4-12(16(19)20)8-14(13)18(15)9-11-6-7-21-10-11/h4-5,8,11H,2-3,6-7,9-10H2,1H3,(H,19,20). The molecule has 3 rings (SSSR count). The minimum atomic E-state index is -0.877. The summed E-state index contributed by atoms with van der Waals surface area (Å²) >= 11 is 2.01. The van der Waals surface area contributed by atoms with Gasteiger partial charge in [-0.2, -0.15) is 11.8 Å². The number of thioether (sulfide) groups is 1. The lowest BCUT2D eigenvalue weighted by molar-refractivity contribution is 0.0697. The number of carbonyl (C=O) groups is 1. The molecule has 2 heterocycles. The van der Waals surface area contributed by atoms with E-state index < -0.39 is 5.97 Å². The molecular weight excluding hydrogens is 284 g/mol. The summed E-state index contributed by atoms with van der Waals surface area (Å²) in [4.78, 5) is 15.9. The number of benzene rings is 1. The molecule has 1 aromatic heterocycles. The average molecular weight is 304 g/mol. The largest absolute Gasteiger partial charge is 0.478 e. The molecular formula is C16H20N2O2S. The molecule has 1 fully saturated rings. The highest BCUT2D eigenvalue weighted by molar-refractivity contribution is 7.99. The lowest BCUT2D eigenvalue weighted by atomic mass is 10.1. The molecule has 1 aromatic carbocycles. The van der Waals surface area contributed by atoms with Gasteiger partial charge in [-0.15, -0.1) is 0 Å². The van der Waals surface area contributed by atoms with Crippen LogP contribution in [0.25, 0.3) is 11.0 Å². The van der Waals surface area contributed by atoms with Gasteiger partial charge in [-0.1, -0.05) is 6.92 Å². The Hall–Kier alpha value is -1.49. The van der Waals surface area contributed by atoms with Crippen LogP contribution in [0.15, 0.2) is 18.2 Å². The summed E-state index contributed by atoms with van der Waals surface area (Å²) in [6, 6.07) is 5.24. The van der Waals surface area contributed by atoms with E-state index in [0.29, 0.717) is 11.5 Å². The van der Waals surface area contributed by atoms with Gasteiger partial charge in [0.1, 0.15) is 5.82 Å². The Balaban J connectivity index is 2.04. The van der Waals surface area contributed by atoms with Crippen LogP contribution in [0.5, 0.6) is 0 Å². The second-order valence-corrected chi connectivity index (χ2v) is 6.78. The van der Waals surface area contributed by atoms with E-state index in [9.17, 15) is 9.90 Å². The summed E-state index contributed by atoms with van der Waals surface area (Å²) in [7, 11) is 0. The zero-order valence-electron chi connectivity index (χ0n) is 12.2. The Morgan fingerprint density at radius 3 is 3.05 bits per heavy atom. The number of nitrogens with zero attached hydrogens (tertiary/aromatic N) is 2.